The number of ether oxygens (including phenoxy) is 3. The summed E-state index contributed by atoms with van der Waals surface area (Å²) in [7, 11) is 1.63. The molecule has 0 unspecified atom stereocenters. The van der Waals surface area contributed by atoms with Crippen LogP contribution in [0.5, 0.6) is 5.75 Å². The standard InChI is InChI=1S/C27H34BrNO6S/c1-6-34-26(32)19-12-15-22(21(28)16-19)36-23(25(31)29-17-24(30)35-27(2,3)4)9-7-8-18-10-13-20(33-5)14-11-18/h10-16,23H,6-9,17H2,1-5H3,(H,29,31)/t23-/m0/s1. The Morgan fingerprint density at radius 1 is 1.08 bits per heavy atom. The molecule has 2 aromatic rings. The molecule has 1 atom stereocenters. The Kier molecular flexibility index (Phi) is 11.8. The first-order valence-corrected chi connectivity index (χ1v) is 13.5. The van der Waals surface area contributed by atoms with Crippen LogP contribution in [0.3, 0.4) is 0 Å². The molecule has 1 amide bonds. The molecule has 0 saturated heterocycles. The Morgan fingerprint density at radius 3 is 2.36 bits per heavy atom. The monoisotopic (exact) mass is 579 g/mol. The average Bonchev–Trinajstić information content (AvgIpc) is 2.82. The van der Waals surface area contributed by atoms with Gasteiger partial charge < -0.3 is 19.5 Å². The van der Waals surface area contributed by atoms with Crippen LogP contribution in [0.4, 0.5) is 0 Å². The van der Waals surface area contributed by atoms with Crippen molar-refractivity contribution >= 4 is 45.5 Å². The third-order valence-corrected chi connectivity index (χ3v) is 7.19. The van der Waals surface area contributed by atoms with Gasteiger partial charge in [-0.2, -0.15) is 0 Å². The van der Waals surface area contributed by atoms with Gasteiger partial charge in [-0.05, 0) is 98.8 Å². The number of rotatable bonds is 12. The van der Waals surface area contributed by atoms with Crippen molar-refractivity contribution in [2.24, 2.45) is 0 Å². The third-order valence-electron chi connectivity index (χ3n) is 4.92. The highest BCUT2D eigenvalue weighted by atomic mass is 79.9. The lowest BCUT2D eigenvalue weighted by atomic mass is 10.1. The molecule has 1 N–H and O–H groups in total. The van der Waals surface area contributed by atoms with Crippen molar-refractivity contribution in [2.45, 2.75) is 62.7 Å². The molecule has 0 radical (unpaired) electrons. The summed E-state index contributed by atoms with van der Waals surface area (Å²) in [6.45, 7) is 7.19. The van der Waals surface area contributed by atoms with E-state index >= 15 is 0 Å². The van der Waals surface area contributed by atoms with Crippen molar-refractivity contribution < 1.29 is 28.6 Å². The normalized spacial score (nSPS) is 11.9. The fraction of sp³-hybridized carbons (Fsp3) is 0.444. The molecule has 0 fully saturated rings. The molecule has 9 heteroatoms. The zero-order valence-electron chi connectivity index (χ0n) is 21.4. The number of methoxy groups -OCH3 is 1. The highest BCUT2D eigenvalue weighted by molar-refractivity contribution is 9.10. The van der Waals surface area contributed by atoms with E-state index in [1.165, 1.54) is 11.8 Å². The molecule has 0 spiro atoms. The van der Waals surface area contributed by atoms with Crippen LogP contribution in [0, 0.1) is 0 Å². The lowest BCUT2D eigenvalue weighted by Crippen LogP contribution is -2.38. The lowest BCUT2D eigenvalue weighted by Gasteiger charge is -2.21. The molecule has 0 aromatic heterocycles. The van der Waals surface area contributed by atoms with Gasteiger partial charge in [-0.3, -0.25) is 9.59 Å². The average molecular weight is 581 g/mol. The van der Waals surface area contributed by atoms with Gasteiger partial charge in [-0.15, -0.1) is 11.8 Å². The SMILES string of the molecule is CCOC(=O)c1ccc(S[C@@H](CCCc2ccc(OC)cc2)C(=O)NCC(=O)OC(C)(C)C)c(Br)c1. The molecular formula is C27H34BrNO6S. The summed E-state index contributed by atoms with van der Waals surface area (Å²) in [5, 5.41) is 2.27. The minimum atomic E-state index is -0.625. The fourth-order valence-electron chi connectivity index (χ4n) is 3.27. The highest BCUT2D eigenvalue weighted by Gasteiger charge is 2.23. The molecule has 7 nitrogen and oxygen atoms in total. The first kappa shape index (κ1) is 29.7. The van der Waals surface area contributed by atoms with E-state index in [1.807, 2.05) is 24.3 Å². The number of hydrogen-bond acceptors (Lipinski definition) is 7. The molecule has 0 aliphatic heterocycles. The van der Waals surface area contributed by atoms with Crippen molar-refractivity contribution in [1.82, 2.24) is 5.32 Å². The number of halogens is 1. The van der Waals surface area contributed by atoms with Gasteiger partial charge in [0.05, 0.1) is 24.5 Å². The van der Waals surface area contributed by atoms with Crippen LogP contribution in [0.1, 0.15) is 56.5 Å². The molecule has 196 valence electrons. The molecule has 0 aliphatic carbocycles. The first-order chi connectivity index (χ1) is 17.0. The predicted molar refractivity (Wildman–Crippen MR) is 145 cm³/mol. The molecule has 2 aromatic carbocycles. The summed E-state index contributed by atoms with van der Waals surface area (Å²) >= 11 is 4.89. The Balaban J connectivity index is 2.09. The van der Waals surface area contributed by atoms with Crippen LogP contribution < -0.4 is 10.1 Å². The zero-order valence-corrected chi connectivity index (χ0v) is 23.8. The van der Waals surface area contributed by atoms with E-state index in [9.17, 15) is 14.4 Å². The van der Waals surface area contributed by atoms with Gasteiger partial charge in [-0.1, -0.05) is 12.1 Å². The molecule has 0 heterocycles. The smallest absolute Gasteiger partial charge is 0.338 e. The summed E-state index contributed by atoms with van der Waals surface area (Å²) in [4.78, 5) is 38.0. The second-order valence-electron chi connectivity index (χ2n) is 9.02. The fourth-order valence-corrected chi connectivity index (χ4v) is 5.03. The summed E-state index contributed by atoms with van der Waals surface area (Å²) in [6, 6.07) is 13.0. The van der Waals surface area contributed by atoms with E-state index in [2.05, 4.69) is 21.2 Å². The summed E-state index contributed by atoms with van der Waals surface area (Å²) in [5.74, 6) is -0.342. The molecule has 0 saturated carbocycles. The summed E-state index contributed by atoms with van der Waals surface area (Å²) < 4.78 is 16.3. The third kappa shape index (κ3) is 10.2. The molecular weight excluding hydrogens is 546 g/mol. The van der Waals surface area contributed by atoms with Crippen LogP contribution >= 0.6 is 27.7 Å². The number of nitrogens with one attached hydrogen (secondary N) is 1. The number of hydrogen-bond donors (Lipinski definition) is 1. The second kappa shape index (κ2) is 14.3. The van der Waals surface area contributed by atoms with Gasteiger partial charge in [0, 0.05) is 9.37 Å². The molecule has 0 bridgehead atoms. The van der Waals surface area contributed by atoms with E-state index in [1.54, 1.807) is 53.0 Å². The van der Waals surface area contributed by atoms with E-state index in [4.69, 9.17) is 14.2 Å². The number of carbonyl (C=O) groups is 3. The highest BCUT2D eigenvalue weighted by Crippen LogP contribution is 2.34. The molecule has 0 aliphatic rings. The number of aryl methyl sites for hydroxylation is 1. The Labute approximate surface area is 225 Å². The van der Waals surface area contributed by atoms with E-state index in [0.717, 1.165) is 29.1 Å². The first-order valence-electron chi connectivity index (χ1n) is 11.8. The van der Waals surface area contributed by atoms with Crippen molar-refractivity contribution in [3.05, 3.63) is 58.1 Å². The topological polar surface area (TPSA) is 90.9 Å². The molecule has 2 rings (SSSR count). The van der Waals surface area contributed by atoms with Gasteiger partial charge in [0.25, 0.3) is 0 Å². The van der Waals surface area contributed by atoms with Crippen molar-refractivity contribution in [1.29, 1.82) is 0 Å². The maximum atomic E-state index is 13.1. The van der Waals surface area contributed by atoms with Crippen LogP contribution in [0.2, 0.25) is 0 Å². The summed E-state index contributed by atoms with van der Waals surface area (Å²) in [6.07, 6.45) is 2.15. The van der Waals surface area contributed by atoms with E-state index in [0.29, 0.717) is 23.1 Å². The van der Waals surface area contributed by atoms with Gasteiger partial charge in [0.2, 0.25) is 5.91 Å². The number of amides is 1. The van der Waals surface area contributed by atoms with Crippen molar-refractivity contribution in [3.8, 4) is 5.75 Å². The number of carbonyl (C=O) groups excluding carboxylic acids is 3. The Bertz CT molecular complexity index is 1040. The number of thioether (sulfide) groups is 1. The van der Waals surface area contributed by atoms with Gasteiger partial charge in [-0.25, -0.2) is 4.79 Å². The maximum absolute atomic E-state index is 13.1. The predicted octanol–water partition coefficient (Wildman–Crippen LogP) is 5.58. The minimum Gasteiger partial charge on any atom is -0.497 e. The minimum absolute atomic E-state index is 0.200. The molecule has 36 heavy (non-hydrogen) atoms. The van der Waals surface area contributed by atoms with Gasteiger partial charge in [0.1, 0.15) is 17.9 Å². The van der Waals surface area contributed by atoms with Crippen molar-refractivity contribution in [2.75, 3.05) is 20.3 Å². The lowest BCUT2D eigenvalue weighted by molar-refractivity contribution is -0.154. The maximum Gasteiger partial charge on any atom is 0.338 e. The quantitative estimate of drug-likeness (QED) is 0.259. The Morgan fingerprint density at radius 2 is 1.78 bits per heavy atom. The van der Waals surface area contributed by atoms with Crippen LogP contribution in [0.25, 0.3) is 0 Å². The number of benzene rings is 2. The number of esters is 2. The largest absolute Gasteiger partial charge is 0.497 e. The summed E-state index contributed by atoms with van der Waals surface area (Å²) in [5.41, 5.74) is 0.951. The van der Waals surface area contributed by atoms with Crippen LogP contribution in [0.15, 0.2) is 51.8 Å². The van der Waals surface area contributed by atoms with Gasteiger partial charge in [0.15, 0.2) is 0 Å². The van der Waals surface area contributed by atoms with Crippen molar-refractivity contribution in [3.63, 3.8) is 0 Å². The Hall–Kier alpha value is -2.52. The van der Waals surface area contributed by atoms with Gasteiger partial charge >= 0.3 is 11.9 Å². The van der Waals surface area contributed by atoms with E-state index in [-0.39, 0.29) is 12.5 Å². The van der Waals surface area contributed by atoms with Crippen LogP contribution in [-0.2, 0) is 25.5 Å². The second-order valence-corrected chi connectivity index (χ2v) is 11.1. The van der Waals surface area contributed by atoms with E-state index < -0.39 is 22.8 Å². The van der Waals surface area contributed by atoms with Crippen LogP contribution in [-0.4, -0.2) is 49.0 Å². The zero-order chi connectivity index (χ0) is 26.7.